The number of carbonyl (C=O) groups is 1. The molecule has 4 nitrogen and oxygen atoms in total. The fourth-order valence-corrected chi connectivity index (χ4v) is 2.83. The predicted octanol–water partition coefficient (Wildman–Crippen LogP) is 2.48. The molecule has 1 N–H and O–H groups in total. The fourth-order valence-electron chi connectivity index (χ4n) is 2.83. The second kappa shape index (κ2) is 7.18. The van der Waals surface area contributed by atoms with E-state index in [9.17, 15) is 4.79 Å². The highest BCUT2D eigenvalue weighted by Gasteiger charge is 2.21. The normalized spacial score (nSPS) is 16.4. The lowest BCUT2D eigenvalue weighted by Gasteiger charge is -2.32. The molecule has 0 aliphatic carbocycles. The van der Waals surface area contributed by atoms with Gasteiger partial charge in [-0.3, -0.25) is 14.7 Å². The molecule has 0 unspecified atom stereocenters. The lowest BCUT2D eigenvalue weighted by Crippen LogP contribution is -2.44. The van der Waals surface area contributed by atoms with Crippen LogP contribution in [0.4, 0.5) is 0 Å². The molecule has 1 amide bonds. The molecule has 114 valence electrons. The highest BCUT2D eigenvalue weighted by molar-refractivity contribution is 5.92. The maximum Gasteiger partial charge on any atom is 0.270 e. The number of carbonyl (C=O) groups excluding carboxylic acids is 1. The maximum absolute atomic E-state index is 12.1. The van der Waals surface area contributed by atoms with Crippen LogP contribution in [0.2, 0.25) is 0 Å². The van der Waals surface area contributed by atoms with Crippen LogP contribution in [0.15, 0.2) is 54.7 Å². The van der Waals surface area contributed by atoms with Crippen molar-refractivity contribution in [2.45, 2.75) is 25.4 Å². The van der Waals surface area contributed by atoms with Gasteiger partial charge in [0.1, 0.15) is 5.69 Å². The van der Waals surface area contributed by atoms with E-state index in [1.54, 1.807) is 12.3 Å². The first kappa shape index (κ1) is 14.7. The van der Waals surface area contributed by atoms with Crippen molar-refractivity contribution < 1.29 is 4.79 Å². The Morgan fingerprint density at radius 3 is 2.50 bits per heavy atom. The van der Waals surface area contributed by atoms with Crippen LogP contribution in [0.5, 0.6) is 0 Å². The number of amides is 1. The highest BCUT2D eigenvalue weighted by atomic mass is 16.1. The average Bonchev–Trinajstić information content (AvgIpc) is 2.58. The lowest BCUT2D eigenvalue weighted by molar-refractivity contribution is 0.0904. The Kier molecular flexibility index (Phi) is 4.81. The van der Waals surface area contributed by atoms with Crippen LogP contribution in [0.3, 0.4) is 0 Å². The Morgan fingerprint density at radius 2 is 1.82 bits per heavy atom. The van der Waals surface area contributed by atoms with Crippen molar-refractivity contribution in [2.75, 3.05) is 13.1 Å². The minimum absolute atomic E-state index is 0.0675. The van der Waals surface area contributed by atoms with Gasteiger partial charge in [-0.05, 0) is 30.5 Å². The molecule has 0 atom stereocenters. The maximum atomic E-state index is 12.1. The van der Waals surface area contributed by atoms with Gasteiger partial charge in [-0.25, -0.2) is 0 Å². The number of hydrogen-bond donors (Lipinski definition) is 1. The summed E-state index contributed by atoms with van der Waals surface area (Å²) in [5.41, 5.74) is 1.84. The third-order valence-electron chi connectivity index (χ3n) is 4.07. The summed E-state index contributed by atoms with van der Waals surface area (Å²) in [7, 11) is 0. The standard InChI is InChI=1S/C18H21N3O/c22-18(17-8-4-5-11-19-17)20-16-9-12-21(13-10-16)14-15-6-2-1-3-7-15/h1-8,11,16H,9-10,12-14H2,(H,20,22). The van der Waals surface area contributed by atoms with Gasteiger partial charge in [0.05, 0.1) is 0 Å². The number of benzene rings is 1. The van der Waals surface area contributed by atoms with Gasteiger partial charge in [0.25, 0.3) is 5.91 Å². The Hall–Kier alpha value is -2.20. The zero-order valence-electron chi connectivity index (χ0n) is 12.6. The van der Waals surface area contributed by atoms with E-state index in [-0.39, 0.29) is 11.9 Å². The number of hydrogen-bond acceptors (Lipinski definition) is 3. The highest BCUT2D eigenvalue weighted by Crippen LogP contribution is 2.14. The van der Waals surface area contributed by atoms with Gasteiger partial charge in [-0.2, -0.15) is 0 Å². The number of nitrogens with one attached hydrogen (secondary N) is 1. The molecule has 0 spiro atoms. The molecule has 0 bridgehead atoms. The molecule has 4 heteroatoms. The Bertz CT molecular complexity index is 592. The summed E-state index contributed by atoms with van der Waals surface area (Å²) in [6.45, 7) is 3.02. The molecular weight excluding hydrogens is 274 g/mol. The topological polar surface area (TPSA) is 45.2 Å². The van der Waals surface area contributed by atoms with Crippen molar-refractivity contribution >= 4 is 5.91 Å². The Morgan fingerprint density at radius 1 is 1.09 bits per heavy atom. The minimum Gasteiger partial charge on any atom is -0.348 e. The van der Waals surface area contributed by atoms with Gasteiger partial charge in [-0.1, -0.05) is 36.4 Å². The Balaban J connectivity index is 1.47. The van der Waals surface area contributed by atoms with Crippen LogP contribution in [-0.2, 0) is 6.54 Å². The van der Waals surface area contributed by atoms with Gasteiger partial charge in [0.2, 0.25) is 0 Å². The monoisotopic (exact) mass is 295 g/mol. The third kappa shape index (κ3) is 3.92. The molecule has 1 fully saturated rings. The van der Waals surface area contributed by atoms with Crippen molar-refractivity contribution in [1.82, 2.24) is 15.2 Å². The van der Waals surface area contributed by atoms with Crippen molar-refractivity contribution in [2.24, 2.45) is 0 Å². The van der Waals surface area contributed by atoms with Gasteiger partial charge in [0.15, 0.2) is 0 Å². The quantitative estimate of drug-likeness (QED) is 0.942. The molecule has 1 aromatic carbocycles. The van der Waals surface area contributed by atoms with E-state index < -0.39 is 0 Å². The SMILES string of the molecule is O=C(NC1CCN(Cc2ccccc2)CC1)c1ccccn1. The molecule has 1 aliphatic rings. The molecule has 2 aromatic rings. The van der Waals surface area contributed by atoms with Gasteiger partial charge < -0.3 is 5.32 Å². The third-order valence-corrected chi connectivity index (χ3v) is 4.07. The smallest absolute Gasteiger partial charge is 0.270 e. The number of aromatic nitrogens is 1. The second-order valence-electron chi connectivity index (χ2n) is 5.72. The van der Waals surface area contributed by atoms with Gasteiger partial charge in [-0.15, -0.1) is 0 Å². The van der Waals surface area contributed by atoms with Gasteiger partial charge in [0, 0.05) is 31.9 Å². The molecule has 1 aromatic heterocycles. The first-order valence-corrected chi connectivity index (χ1v) is 7.79. The van der Waals surface area contributed by atoms with E-state index in [1.807, 2.05) is 18.2 Å². The first-order chi connectivity index (χ1) is 10.8. The number of likely N-dealkylation sites (tertiary alicyclic amines) is 1. The molecule has 2 heterocycles. The van der Waals surface area contributed by atoms with Crippen LogP contribution in [-0.4, -0.2) is 34.9 Å². The van der Waals surface area contributed by atoms with Crippen molar-refractivity contribution in [3.8, 4) is 0 Å². The van der Waals surface area contributed by atoms with E-state index in [0.29, 0.717) is 5.69 Å². The summed E-state index contributed by atoms with van der Waals surface area (Å²) in [5.74, 6) is -0.0675. The summed E-state index contributed by atoms with van der Waals surface area (Å²) in [4.78, 5) is 18.6. The molecule has 0 saturated carbocycles. The number of pyridine rings is 1. The van der Waals surface area contributed by atoms with E-state index in [2.05, 4.69) is 39.5 Å². The minimum atomic E-state index is -0.0675. The zero-order valence-corrected chi connectivity index (χ0v) is 12.6. The lowest BCUT2D eigenvalue weighted by atomic mass is 10.0. The number of rotatable bonds is 4. The molecule has 1 saturated heterocycles. The van der Waals surface area contributed by atoms with E-state index in [4.69, 9.17) is 0 Å². The van der Waals surface area contributed by atoms with Crippen molar-refractivity contribution in [1.29, 1.82) is 0 Å². The van der Waals surface area contributed by atoms with Crippen LogP contribution in [0.25, 0.3) is 0 Å². The van der Waals surface area contributed by atoms with Crippen molar-refractivity contribution in [3.05, 3.63) is 66.0 Å². The molecule has 0 radical (unpaired) electrons. The number of piperidine rings is 1. The van der Waals surface area contributed by atoms with E-state index in [0.717, 1.165) is 32.5 Å². The predicted molar refractivity (Wildman–Crippen MR) is 86.4 cm³/mol. The zero-order chi connectivity index (χ0) is 15.2. The largest absolute Gasteiger partial charge is 0.348 e. The van der Waals surface area contributed by atoms with Crippen LogP contribution in [0, 0.1) is 0 Å². The molecule has 22 heavy (non-hydrogen) atoms. The molecule has 1 aliphatic heterocycles. The number of nitrogens with zero attached hydrogens (tertiary/aromatic N) is 2. The van der Waals surface area contributed by atoms with Crippen LogP contribution < -0.4 is 5.32 Å². The Labute approximate surface area is 131 Å². The summed E-state index contributed by atoms with van der Waals surface area (Å²) in [5, 5.41) is 3.09. The average molecular weight is 295 g/mol. The van der Waals surface area contributed by atoms with E-state index in [1.165, 1.54) is 5.56 Å². The molecular formula is C18H21N3O. The molecule has 3 rings (SSSR count). The van der Waals surface area contributed by atoms with Crippen LogP contribution >= 0.6 is 0 Å². The van der Waals surface area contributed by atoms with Gasteiger partial charge >= 0.3 is 0 Å². The fraction of sp³-hybridized carbons (Fsp3) is 0.333. The van der Waals surface area contributed by atoms with Crippen molar-refractivity contribution in [3.63, 3.8) is 0 Å². The van der Waals surface area contributed by atoms with E-state index >= 15 is 0 Å². The summed E-state index contributed by atoms with van der Waals surface area (Å²) in [6, 6.07) is 16.2. The first-order valence-electron chi connectivity index (χ1n) is 7.79. The summed E-state index contributed by atoms with van der Waals surface area (Å²) < 4.78 is 0. The summed E-state index contributed by atoms with van der Waals surface area (Å²) >= 11 is 0. The summed E-state index contributed by atoms with van der Waals surface area (Å²) in [6.07, 6.45) is 3.63. The van der Waals surface area contributed by atoms with Crippen LogP contribution in [0.1, 0.15) is 28.9 Å². The second-order valence-corrected chi connectivity index (χ2v) is 5.72.